The molecule has 1 aromatic heterocycles. The van der Waals surface area contributed by atoms with E-state index in [-0.39, 0.29) is 10.8 Å². The molecular formula is C32H43N5O7S2. The SMILES string of the molecule is CC(=O)Nc1nc(-c2ccc(CCNC(NC(=O)OC(C)(C)C)NC(=O)OC(C)(C)C)cc2)c(Cc2ccc(S(C)(=O)=O)cc2)s1. The van der Waals surface area contributed by atoms with Crippen molar-refractivity contribution in [2.45, 2.75) is 83.7 Å². The van der Waals surface area contributed by atoms with Crippen LogP contribution in [0.1, 0.15) is 64.5 Å². The molecule has 0 fully saturated rings. The van der Waals surface area contributed by atoms with Gasteiger partial charge in [0.15, 0.2) is 21.3 Å². The molecule has 0 radical (unpaired) electrons. The molecule has 0 saturated heterocycles. The fourth-order valence-corrected chi connectivity index (χ4v) is 5.81. The van der Waals surface area contributed by atoms with Gasteiger partial charge in [-0.3, -0.25) is 20.7 Å². The van der Waals surface area contributed by atoms with Crippen LogP contribution in [0.15, 0.2) is 53.4 Å². The third-order valence-electron chi connectivity index (χ3n) is 6.01. The summed E-state index contributed by atoms with van der Waals surface area (Å²) in [4.78, 5) is 42.3. The summed E-state index contributed by atoms with van der Waals surface area (Å²) >= 11 is 1.36. The van der Waals surface area contributed by atoms with Crippen LogP contribution in [0.4, 0.5) is 14.7 Å². The summed E-state index contributed by atoms with van der Waals surface area (Å²) in [6.07, 6.45) is -0.109. The van der Waals surface area contributed by atoms with Crippen molar-refractivity contribution in [2.75, 3.05) is 18.1 Å². The summed E-state index contributed by atoms with van der Waals surface area (Å²) in [6, 6.07) is 14.5. The largest absolute Gasteiger partial charge is 0.444 e. The van der Waals surface area contributed by atoms with Crippen LogP contribution in [0.2, 0.25) is 0 Å². The standard InChI is InChI=1S/C32H43N5O7S2/c1-20(38)34-28-35-26(25(45-28)19-22-11-15-24(16-12-22)46(8,41)42)23-13-9-21(10-14-23)17-18-33-27(36-29(39)43-31(2,3)4)37-30(40)44-32(5,6)7/h9-16,27,33H,17-19H2,1-8H3,(H,36,39)(H,37,40)(H,34,35,38). The van der Waals surface area contributed by atoms with E-state index in [0.717, 1.165) is 21.6 Å². The molecule has 14 heteroatoms. The Labute approximate surface area is 274 Å². The smallest absolute Gasteiger partial charge is 0.410 e. The Morgan fingerprint density at radius 2 is 1.37 bits per heavy atom. The Bertz CT molecular complexity index is 1590. The van der Waals surface area contributed by atoms with Crippen LogP contribution in [0, 0.1) is 0 Å². The first-order valence-electron chi connectivity index (χ1n) is 14.7. The van der Waals surface area contributed by atoms with Crippen LogP contribution in [-0.2, 0) is 36.9 Å². The lowest BCUT2D eigenvalue weighted by molar-refractivity contribution is -0.114. The van der Waals surface area contributed by atoms with E-state index in [2.05, 4.69) is 26.3 Å². The molecule has 0 aliphatic rings. The summed E-state index contributed by atoms with van der Waals surface area (Å²) in [5.41, 5.74) is 2.03. The predicted molar refractivity (Wildman–Crippen MR) is 178 cm³/mol. The van der Waals surface area contributed by atoms with Crippen molar-refractivity contribution in [1.82, 2.24) is 20.9 Å². The number of carbonyl (C=O) groups excluding carboxylic acids is 3. The number of sulfone groups is 1. The number of rotatable bonds is 11. The van der Waals surface area contributed by atoms with E-state index in [1.807, 2.05) is 24.3 Å². The number of aromatic nitrogens is 1. The van der Waals surface area contributed by atoms with Crippen LogP contribution in [0.5, 0.6) is 0 Å². The zero-order valence-corrected chi connectivity index (χ0v) is 29.1. The van der Waals surface area contributed by atoms with E-state index in [0.29, 0.717) is 30.2 Å². The molecule has 0 bridgehead atoms. The first-order chi connectivity index (χ1) is 21.3. The maximum atomic E-state index is 12.4. The van der Waals surface area contributed by atoms with Gasteiger partial charge >= 0.3 is 12.2 Å². The number of ether oxygens (including phenoxy) is 2. The third kappa shape index (κ3) is 12.4. The van der Waals surface area contributed by atoms with Crippen LogP contribution in [-0.4, -0.2) is 61.8 Å². The van der Waals surface area contributed by atoms with Gasteiger partial charge in [-0.25, -0.2) is 23.0 Å². The van der Waals surface area contributed by atoms with Crippen molar-refractivity contribution in [2.24, 2.45) is 0 Å². The summed E-state index contributed by atoms with van der Waals surface area (Å²) in [7, 11) is -3.30. The second kappa shape index (κ2) is 15.1. The minimum Gasteiger partial charge on any atom is -0.444 e. The highest BCUT2D eigenvalue weighted by molar-refractivity contribution is 7.90. The maximum Gasteiger partial charge on any atom is 0.410 e. The van der Waals surface area contributed by atoms with Gasteiger partial charge in [-0.15, -0.1) is 11.3 Å². The molecule has 46 heavy (non-hydrogen) atoms. The van der Waals surface area contributed by atoms with Crippen molar-refractivity contribution >= 4 is 44.4 Å². The number of amides is 3. The monoisotopic (exact) mass is 673 g/mol. The Kier molecular flexibility index (Phi) is 11.9. The fourth-order valence-electron chi connectivity index (χ4n) is 4.12. The number of alkyl carbamates (subject to hydrolysis) is 2. The first kappa shape index (κ1) is 36.5. The second-order valence-electron chi connectivity index (χ2n) is 12.7. The number of hydrogen-bond acceptors (Lipinski definition) is 10. The molecule has 0 atom stereocenters. The Hall–Kier alpha value is -4.01. The minimum atomic E-state index is -3.30. The molecule has 3 rings (SSSR count). The second-order valence-corrected chi connectivity index (χ2v) is 15.8. The molecule has 250 valence electrons. The molecule has 1 heterocycles. The van der Waals surface area contributed by atoms with Gasteiger partial charge in [-0.2, -0.15) is 0 Å². The van der Waals surface area contributed by atoms with Crippen molar-refractivity contribution in [1.29, 1.82) is 0 Å². The lowest BCUT2D eigenvalue weighted by atomic mass is 10.0. The van der Waals surface area contributed by atoms with Gasteiger partial charge < -0.3 is 14.8 Å². The molecule has 0 unspecified atom stereocenters. The van der Waals surface area contributed by atoms with Crippen LogP contribution >= 0.6 is 11.3 Å². The maximum absolute atomic E-state index is 12.4. The molecule has 3 amide bonds. The van der Waals surface area contributed by atoms with E-state index in [4.69, 9.17) is 9.47 Å². The van der Waals surface area contributed by atoms with Gasteiger partial charge in [0.2, 0.25) is 5.91 Å². The van der Waals surface area contributed by atoms with Crippen LogP contribution < -0.4 is 21.3 Å². The van der Waals surface area contributed by atoms with Gasteiger partial charge in [0, 0.05) is 36.6 Å². The predicted octanol–water partition coefficient (Wildman–Crippen LogP) is 5.23. The van der Waals surface area contributed by atoms with Crippen LogP contribution in [0.25, 0.3) is 11.3 Å². The molecule has 2 aromatic carbocycles. The molecule has 4 N–H and O–H groups in total. The number of nitrogens with zero attached hydrogens (tertiary/aromatic N) is 1. The average molecular weight is 674 g/mol. The van der Waals surface area contributed by atoms with Gasteiger partial charge in [0.05, 0.1) is 10.6 Å². The molecule has 12 nitrogen and oxygen atoms in total. The van der Waals surface area contributed by atoms with E-state index in [1.54, 1.807) is 65.8 Å². The minimum absolute atomic E-state index is 0.229. The molecule has 0 saturated carbocycles. The summed E-state index contributed by atoms with van der Waals surface area (Å²) in [5, 5.41) is 11.5. The van der Waals surface area contributed by atoms with Gasteiger partial charge in [-0.05, 0) is 71.2 Å². The van der Waals surface area contributed by atoms with Crippen molar-refractivity contribution in [3.63, 3.8) is 0 Å². The van der Waals surface area contributed by atoms with E-state index >= 15 is 0 Å². The number of benzene rings is 2. The highest BCUT2D eigenvalue weighted by Crippen LogP contribution is 2.33. The highest BCUT2D eigenvalue weighted by atomic mass is 32.2. The van der Waals surface area contributed by atoms with Crippen molar-refractivity contribution in [3.05, 3.63) is 64.5 Å². The number of thiazole rings is 1. The quantitative estimate of drug-likeness (QED) is 0.200. The average Bonchev–Trinajstić information content (AvgIpc) is 3.27. The number of hydrogen-bond donors (Lipinski definition) is 4. The Morgan fingerprint density at radius 3 is 1.85 bits per heavy atom. The molecule has 0 aliphatic carbocycles. The molecule has 0 aliphatic heterocycles. The van der Waals surface area contributed by atoms with Gasteiger partial charge in [0.25, 0.3) is 0 Å². The third-order valence-corrected chi connectivity index (χ3v) is 8.11. The molecule has 3 aromatic rings. The fraction of sp³-hybridized carbons (Fsp3) is 0.438. The topological polar surface area (TPSA) is 165 Å². The molecule has 0 spiro atoms. The van der Waals surface area contributed by atoms with Crippen molar-refractivity contribution < 1.29 is 32.3 Å². The van der Waals surface area contributed by atoms with Crippen LogP contribution in [0.3, 0.4) is 0 Å². The Morgan fingerprint density at radius 1 is 0.848 bits per heavy atom. The van der Waals surface area contributed by atoms with Gasteiger partial charge in [-0.1, -0.05) is 36.4 Å². The lowest BCUT2D eigenvalue weighted by Crippen LogP contribution is -2.58. The normalized spacial score (nSPS) is 12.0. The zero-order valence-electron chi connectivity index (χ0n) is 27.4. The number of anilines is 1. The Balaban J connectivity index is 1.72. The highest BCUT2D eigenvalue weighted by Gasteiger charge is 2.23. The zero-order chi connectivity index (χ0) is 34.3. The van der Waals surface area contributed by atoms with Crippen molar-refractivity contribution in [3.8, 4) is 11.3 Å². The van der Waals surface area contributed by atoms with Gasteiger partial charge in [0.1, 0.15) is 11.2 Å². The summed E-state index contributed by atoms with van der Waals surface area (Å²) in [5.74, 6) is -0.229. The number of carbonyl (C=O) groups is 3. The number of nitrogens with one attached hydrogen (secondary N) is 4. The summed E-state index contributed by atoms with van der Waals surface area (Å²) < 4.78 is 34.4. The lowest BCUT2D eigenvalue weighted by Gasteiger charge is -2.26. The molecular weight excluding hydrogens is 631 g/mol. The summed E-state index contributed by atoms with van der Waals surface area (Å²) in [6.45, 7) is 12.3. The van der Waals surface area contributed by atoms with E-state index < -0.39 is 39.5 Å². The van der Waals surface area contributed by atoms with E-state index in [1.165, 1.54) is 24.5 Å². The first-order valence-corrected chi connectivity index (χ1v) is 17.4. The van der Waals surface area contributed by atoms with E-state index in [9.17, 15) is 22.8 Å².